The minimum Gasteiger partial charge on any atom is -0.386 e. The molecule has 1 N–H and O–H groups in total. The average molecular weight is 203 g/mol. The van der Waals surface area contributed by atoms with E-state index in [9.17, 15) is 9.59 Å². The van der Waals surface area contributed by atoms with Gasteiger partial charge in [-0.2, -0.15) is 0 Å². The fourth-order valence-electron chi connectivity index (χ4n) is 1.46. The van der Waals surface area contributed by atoms with E-state index in [0.717, 1.165) is 0 Å². The smallest absolute Gasteiger partial charge is 0.349 e. The normalized spacial score (nSPS) is 13.3. The highest BCUT2D eigenvalue weighted by Gasteiger charge is 2.31. The van der Waals surface area contributed by atoms with Gasteiger partial charge in [0.2, 0.25) is 0 Å². The van der Waals surface area contributed by atoms with E-state index >= 15 is 0 Å². The summed E-state index contributed by atoms with van der Waals surface area (Å²) in [5, 5.41) is 2.97. The highest BCUT2D eigenvalue weighted by Crippen LogP contribution is 2.26. The maximum Gasteiger partial charge on any atom is 0.349 e. The van der Waals surface area contributed by atoms with E-state index in [-0.39, 0.29) is 0 Å². The first-order valence-electron chi connectivity index (χ1n) is 4.48. The van der Waals surface area contributed by atoms with Gasteiger partial charge in [-0.05, 0) is 12.1 Å². The maximum absolute atomic E-state index is 11.4. The molecule has 0 bridgehead atoms. The van der Waals surface area contributed by atoms with Gasteiger partial charge in [0, 0.05) is 12.2 Å². The first-order valence-corrected chi connectivity index (χ1v) is 4.48. The number of benzene rings is 1. The van der Waals surface area contributed by atoms with E-state index < -0.39 is 11.9 Å². The third-order valence-corrected chi connectivity index (χ3v) is 2.11. The number of hydrogen-bond acceptors (Lipinski definition) is 4. The van der Waals surface area contributed by atoms with Crippen molar-refractivity contribution >= 4 is 17.6 Å². The number of anilines is 1. The van der Waals surface area contributed by atoms with Crippen LogP contribution < -0.4 is 5.32 Å². The maximum atomic E-state index is 11.4. The lowest BCUT2D eigenvalue weighted by atomic mass is 10.1. The second-order valence-electron chi connectivity index (χ2n) is 3.07. The molecule has 1 heterocycles. The fraction of sp³-hybridized carbons (Fsp3) is 0.0909. The van der Waals surface area contributed by atoms with Crippen LogP contribution in [0.4, 0.5) is 5.69 Å². The molecule has 0 saturated carbocycles. The molecular formula is C11H9NO3. The minimum absolute atomic E-state index is 0.310. The van der Waals surface area contributed by atoms with Gasteiger partial charge in [-0.1, -0.05) is 12.1 Å². The standard InChI is InChI=1S/C11H9NO3/c1-2-6-12-8-5-3-4-7-9(8)11(14)15-10(7)13/h2-5,12H,1,6H2. The van der Waals surface area contributed by atoms with E-state index in [1.165, 1.54) is 0 Å². The van der Waals surface area contributed by atoms with Crippen LogP contribution >= 0.6 is 0 Å². The zero-order valence-electron chi connectivity index (χ0n) is 7.95. The highest BCUT2D eigenvalue weighted by atomic mass is 16.6. The zero-order chi connectivity index (χ0) is 10.8. The molecule has 1 aliphatic rings. The van der Waals surface area contributed by atoms with Gasteiger partial charge < -0.3 is 10.1 Å². The molecule has 1 aromatic rings. The molecule has 2 rings (SSSR count). The lowest BCUT2D eigenvalue weighted by Crippen LogP contribution is -2.04. The van der Waals surface area contributed by atoms with Crippen LogP contribution in [-0.4, -0.2) is 18.5 Å². The molecule has 0 radical (unpaired) electrons. The van der Waals surface area contributed by atoms with Crippen molar-refractivity contribution in [3.63, 3.8) is 0 Å². The van der Waals surface area contributed by atoms with Crippen LogP contribution in [0.25, 0.3) is 0 Å². The molecular weight excluding hydrogens is 194 g/mol. The molecule has 0 fully saturated rings. The number of rotatable bonds is 3. The first kappa shape index (κ1) is 9.45. The van der Waals surface area contributed by atoms with Crippen molar-refractivity contribution in [2.24, 2.45) is 0 Å². The first-order chi connectivity index (χ1) is 7.24. The monoisotopic (exact) mass is 203 g/mol. The van der Waals surface area contributed by atoms with Crippen molar-refractivity contribution in [1.82, 2.24) is 0 Å². The molecule has 15 heavy (non-hydrogen) atoms. The van der Waals surface area contributed by atoms with Crippen LogP contribution in [0.5, 0.6) is 0 Å². The second kappa shape index (κ2) is 3.57. The van der Waals surface area contributed by atoms with Gasteiger partial charge in [0.25, 0.3) is 0 Å². The van der Waals surface area contributed by atoms with E-state index in [1.54, 1.807) is 24.3 Å². The molecule has 0 aliphatic carbocycles. The van der Waals surface area contributed by atoms with Crippen LogP contribution in [0.1, 0.15) is 20.7 Å². The number of carbonyl (C=O) groups is 2. The molecule has 0 atom stereocenters. The summed E-state index contributed by atoms with van der Waals surface area (Å²) in [6.07, 6.45) is 1.67. The number of carbonyl (C=O) groups excluding carboxylic acids is 2. The Morgan fingerprint density at radius 2 is 2.13 bits per heavy atom. The van der Waals surface area contributed by atoms with E-state index in [0.29, 0.717) is 23.4 Å². The fourth-order valence-corrected chi connectivity index (χ4v) is 1.46. The molecule has 0 spiro atoms. The number of ether oxygens (including phenoxy) is 1. The number of cyclic esters (lactones) is 2. The third kappa shape index (κ3) is 1.50. The average Bonchev–Trinajstić information content (AvgIpc) is 2.53. The Morgan fingerprint density at radius 1 is 1.33 bits per heavy atom. The summed E-state index contributed by atoms with van der Waals surface area (Å²) in [5.74, 6) is -1.18. The van der Waals surface area contributed by atoms with Gasteiger partial charge in [0.1, 0.15) is 0 Å². The molecule has 4 heteroatoms. The Bertz CT molecular complexity index is 451. The van der Waals surface area contributed by atoms with Crippen molar-refractivity contribution in [3.05, 3.63) is 42.0 Å². The summed E-state index contributed by atoms with van der Waals surface area (Å²) in [4.78, 5) is 22.6. The minimum atomic E-state index is -0.595. The summed E-state index contributed by atoms with van der Waals surface area (Å²) >= 11 is 0. The Morgan fingerprint density at radius 3 is 2.87 bits per heavy atom. The number of esters is 2. The Kier molecular flexibility index (Phi) is 2.25. The number of nitrogens with one attached hydrogen (secondary N) is 1. The summed E-state index contributed by atoms with van der Waals surface area (Å²) in [5.41, 5.74) is 1.22. The lowest BCUT2D eigenvalue weighted by Gasteiger charge is -2.05. The zero-order valence-corrected chi connectivity index (χ0v) is 7.95. The molecule has 4 nitrogen and oxygen atoms in total. The molecule has 0 aromatic heterocycles. The largest absolute Gasteiger partial charge is 0.386 e. The summed E-state index contributed by atoms with van der Waals surface area (Å²) in [7, 11) is 0. The summed E-state index contributed by atoms with van der Waals surface area (Å²) in [6.45, 7) is 4.08. The summed E-state index contributed by atoms with van der Waals surface area (Å²) in [6, 6.07) is 4.99. The number of fused-ring (bicyclic) bond motifs is 1. The Balaban J connectivity index is 2.45. The SMILES string of the molecule is C=CCNc1cccc2c1C(=O)OC2=O. The van der Waals surface area contributed by atoms with E-state index in [2.05, 4.69) is 16.6 Å². The predicted molar refractivity (Wildman–Crippen MR) is 54.9 cm³/mol. The molecule has 0 amide bonds. The van der Waals surface area contributed by atoms with Crippen LogP contribution in [-0.2, 0) is 4.74 Å². The van der Waals surface area contributed by atoms with Gasteiger partial charge in [0.15, 0.2) is 0 Å². The molecule has 0 saturated heterocycles. The Hall–Kier alpha value is -2.10. The topological polar surface area (TPSA) is 55.4 Å². The highest BCUT2D eigenvalue weighted by molar-refractivity contribution is 6.17. The van der Waals surface area contributed by atoms with E-state index in [1.807, 2.05) is 0 Å². The van der Waals surface area contributed by atoms with Crippen molar-refractivity contribution in [2.75, 3.05) is 11.9 Å². The van der Waals surface area contributed by atoms with E-state index in [4.69, 9.17) is 0 Å². The van der Waals surface area contributed by atoms with Gasteiger partial charge in [0.05, 0.1) is 11.1 Å². The molecule has 0 unspecified atom stereocenters. The summed E-state index contributed by atoms with van der Waals surface area (Å²) < 4.78 is 4.51. The van der Waals surface area contributed by atoms with Crippen molar-refractivity contribution < 1.29 is 14.3 Å². The van der Waals surface area contributed by atoms with Gasteiger partial charge in [-0.25, -0.2) is 9.59 Å². The van der Waals surface area contributed by atoms with Crippen LogP contribution in [0, 0.1) is 0 Å². The second-order valence-corrected chi connectivity index (χ2v) is 3.07. The Labute approximate surface area is 86.5 Å². The van der Waals surface area contributed by atoms with Crippen LogP contribution in [0.15, 0.2) is 30.9 Å². The quantitative estimate of drug-likeness (QED) is 0.460. The van der Waals surface area contributed by atoms with Crippen molar-refractivity contribution in [3.8, 4) is 0 Å². The molecule has 1 aromatic carbocycles. The lowest BCUT2D eigenvalue weighted by molar-refractivity contribution is 0.0444. The predicted octanol–water partition coefficient (Wildman–Crippen LogP) is 1.60. The van der Waals surface area contributed by atoms with Gasteiger partial charge in [-0.15, -0.1) is 6.58 Å². The van der Waals surface area contributed by atoms with Crippen molar-refractivity contribution in [2.45, 2.75) is 0 Å². The van der Waals surface area contributed by atoms with Crippen molar-refractivity contribution in [1.29, 1.82) is 0 Å². The van der Waals surface area contributed by atoms with Gasteiger partial charge in [-0.3, -0.25) is 0 Å². The van der Waals surface area contributed by atoms with Crippen LogP contribution in [0.2, 0.25) is 0 Å². The molecule has 76 valence electrons. The third-order valence-electron chi connectivity index (χ3n) is 2.11. The van der Waals surface area contributed by atoms with Gasteiger partial charge >= 0.3 is 11.9 Å². The molecule has 1 aliphatic heterocycles. The van der Waals surface area contributed by atoms with Crippen LogP contribution in [0.3, 0.4) is 0 Å². The number of hydrogen-bond donors (Lipinski definition) is 1.